The molecule has 1 aliphatic heterocycles. The van der Waals surface area contributed by atoms with Gasteiger partial charge in [-0.3, -0.25) is 19.7 Å². The normalized spacial score (nSPS) is 14.4. The van der Waals surface area contributed by atoms with Gasteiger partial charge in [-0.25, -0.2) is 4.98 Å². The van der Waals surface area contributed by atoms with E-state index in [1.807, 2.05) is 11.2 Å². The number of carbonyl (C=O) groups excluding carboxylic acids is 2. The molecule has 29 heavy (non-hydrogen) atoms. The number of hydrogen-bond donors (Lipinski definition) is 1. The standard InChI is InChI=1S/C20H22N4O4S/c1-29-19-17(3-2-10-21-19)20(26)23-11-8-14(9-12-23)13-22-18(25)15-4-6-16(7-5-15)24(27)28/h2-7,10,14H,8-9,11-13H2,1H3,(H,22,25). The second kappa shape index (κ2) is 9.51. The zero-order valence-corrected chi connectivity index (χ0v) is 16.9. The number of nitrogens with one attached hydrogen (secondary N) is 1. The molecule has 1 N–H and O–H groups in total. The molecule has 2 amide bonds. The number of likely N-dealkylation sites (tertiary alicyclic amines) is 1. The highest BCUT2D eigenvalue weighted by Gasteiger charge is 2.25. The number of nitro groups is 1. The molecule has 0 unspecified atom stereocenters. The Morgan fingerprint density at radius 3 is 2.55 bits per heavy atom. The van der Waals surface area contributed by atoms with Crippen molar-refractivity contribution >= 4 is 29.3 Å². The number of piperidine rings is 1. The lowest BCUT2D eigenvalue weighted by atomic mass is 9.96. The number of nitrogens with zero attached hydrogens (tertiary/aromatic N) is 3. The van der Waals surface area contributed by atoms with Gasteiger partial charge in [0, 0.05) is 43.5 Å². The SMILES string of the molecule is CSc1ncccc1C(=O)N1CCC(CNC(=O)c2ccc([N+](=O)[O-])cc2)CC1. The van der Waals surface area contributed by atoms with Crippen molar-refractivity contribution < 1.29 is 14.5 Å². The summed E-state index contributed by atoms with van der Waals surface area (Å²) >= 11 is 1.46. The van der Waals surface area contributed by atoms with Crippen LogP contribution in [0.25, 0.3) is 0 Å². The molecule has 0 aliphatic carbocycles. The van der Waals surface area contributed by atoms with E-state index in [9.17, 15) is 19.7 Å². The first-order valence-corrected chi connectivity index (χ1v) is 10.5. The van der Waals surface area contributed by atoms with Crippen LogP contribution in [0.2, 0.25) is 0 Å². The molecular formula is C20H22N4O4S. The van der Waals surface area contributed by atoms with E-state index in [-0.39, 0.29) is 23.4 Å². The zero-order valence-electron chi connectivity index (χ0n) is 16.0. The molecular weight excluding hydrogens is 392 g/mol. The van der Waals surface area contributed by atoms with E-state index in [0.29, 0.717) is 30.8 Å². The fraction of sp³-hybridized carbons (Fsp3) is 0.350. The van der Waals surface area contributed by atoms with E-state index in [0.717, 1.165) is 17.9 Å². The number of amides is 2. The van der Waals surface area contributed by atoms with Crippen LogP contribution in [0, 0.1) is 16.0 Å². The van der Waals surface area contributed by atoms with Gasteiger partial charge < -0.3 is 10.2 Å². The average Bonchev–Trinajstić information content (AvgIpc) is 2.77. The molecule has 2 aromatic rings. The van der Waals surface area contributed by atoms with Crippen molar-refractivity contribution in [3.05, 3.63) is 63.8 Å². The molecule has 1 aromatic heterocycles. The number of rotatable bonds is 6. The van der Waals surface area contributed by atoms with E-state index < -0.39 is 4.92 Å². The molecule has 8 nitrogen and oxygen atoms in total. The molecule has 3 rings (SSSR count). The zero-order chi connectivity index (χ0) is 20.8. The van der Waals surface area contributed by atoms with Gasteiger partial charge in [0.15, 0.2) is 0 Å². The summed E-state index contributed by atoms with van der Waals surface area (Å²) in [4.78, 5) is 41.3. The van der Waals surface area contributed by atoms with Crippen LogP contribution in [-0.2, 0) is 0 Å². The highest BCUT2D eigenvalue weighted by molar-refractivity contribution is 7.98. The Morgan fingerprint density at radius 1 is 1.24 bits per heavy atom. The highest BCUT2D eigenvalue weighted by Crippen LogP contribution is 2.23. The van der Waals surface area contributed by atoms with Gasteiger partial charge in [0.25, 0.3) is 17.5 Å². The third kappa shape index (κ3) is 5.11. The number of hydrogen-bond acceptors (Lipinski definition) is 6. The number of thioether (sulfide) groups is 1. The largest absolute Gasteiger partial charge is 0.352 e. The first kappa shape index (κ1) is 20.8. The van der Waals surface area contributed by atoms with Gasteiger partial charge in [-0.2, -0.15) is 0 Å². The Hall–Kier alpha value is -2.94. The Morgan fingerprint density at radius 2 is 1.93 bits per heavy atom. The van der Waals surface area contributed by atoms with E-state index in [2.05, 4.69) is 10.3 Å². The van der Waals surface area contributed by atoms with Crippen LogP contribution in [0.4, 0.5) is 5.69 Å². The van der Waals surface area contributed by atoms with Crippen LogP contribution in [0.3, 0.4) is 0 Å². The molecule has 152 valence electrons. The third-order valence-electron chi connectivity index (χ3n) is 4.99. The van der Waals surface area contributed by atoms with E-state index in [1.165, 1.54) is 36.0 Å². The van der Waals surface area contributed by atoms with Gasteiger partial charge in [0.2, 0.25) is 0 Å². The summed E-state index contributed by atoms with van der Waals surface area (Å²) in [5.74, 6) is 0.0316. The summed E-state index contributed by atoms with van der Waals surface area (Å²) in [7, 11) is 0. The van der Waals surface area contributed by atoms with Crippen molar-refractivity contribution in [1.82, 2.24) is 15.2 Å². The predicted molar refractivity (Wildman–Crippen MR) is 110 cm³/mol. The molecule has 0 radical (unpaired) electrons. The number of aromatic nitrogens is 1. The summed E-state index contributed by atoms with van der Waals surface area (Å²) in [5, 5.41) is 14.3. The molecule has 0 bridgehead atoms. The lowest BCUT2D eigenvalue weighted by Gasteiger charge is -2.32. The van der Waals surface area contributed by atoms with Crippen molar-refractivity contribution in [2.75, 3.05) is 25.9 Å². The Bertz CT molecular complexity index is 896. The van der Waals surface area contributed by atoms with Crippen molar-refractivity contribution in [2.24, 2.45) is 5.92 Å². The van der Waals surface area contributed by atoms with Crippen LogP contribution in [0.15, 0.2) is 47.6 Å². The molecule has 9 heteroatoms. The topological polar surface area (TPSA) is 105 Å². The summed E-state index contributed by atoms with van der Waals surface area (Å²) in [6.45, 7) is 1.79. The Balaban J connectivity index is 1.49. The number of benzene rings is 1. The first-order chi connectivity index (χ1) is 14.0. The molecule has 0 atom stereocenters. The predicted octanol–water partition coefficient (Wildman–Crippen LogP) is 2.99. The van der Waals surface area contributed by atoms with Gasteiger partial charge in [-0.05, 0) is 49.3 Å². The van der Waals surface area contributed by atoms with Crippen LogP contribution in [-0.4, -0.2) is 52.5 Å². The van der Waals surface area contributed by atoms with Gasteiger partial charge >= 0.3 is 0 Å². The molecule has 2 heterocycles. The molecule has 0 saturated carbocycles. The second-order valence-corrected chi connectivity index (χ2v) is 7.60. The lowest BCUT2D eigenvalue weighted by molar-refractivity contribution is -0.384. The highest BCUT2D eigenvalue weighted by atomic mass is 32.2. The second-order valence-electron chi connectivity index (χ2n) is 6.81. The summed E-state index contributed by atoms with van der Waals surface area (Å²) < 4.78 is 0. The maximum atomic E-state index is 12.8. The fourth-order valence-corrected chi connectivity index (χ4v) is 3.84. The minimum atomic E-state index is -0.496. The van der Waals surface area contributed by atoms with Gasteiger partial charge in [-0.1, -0.05) is 0 Å². The van der Waals surface area contributed by atoms with Gasteiger partial charge in [-0.15, -0.1) is 11.8 Å². The molecule has 1 fully saturated rings. The number of pyridine rings is 1. The minimum Gasteiger partial charge on any atom is -0.352 e. The average molecular weight is 414 g/mol. The summed E-state index contributed by atoms with van der Waals surface area (Å²) in [6.07, 6.45) is 5.20. The molecule has 0 spiro atoms. The number of carbonyl (C=O) groups is 2. The van der Waals surface area contributed by atoms with E-state index >= 15 is 0 Å². The van der Waals surface area contributed by atoms with Crippen molar-refractivity contribution in [2.45, 2.75) is 17.9 Å². The Labute approximate surface area is 172 Å². The summed E-state index contributed by atoms with van der Waals surface area (Å²) in [5.41, 5.74) is 0.978. The van der Waals surface area contributed by atoms with Crippen molar-refractivity contribution in [3.63, 3.8) is 0 Å². The smallest absolute Gasteiger partial charge is 0.269 e. The van der Waals surface area contributed by atoms with Gasteiger partial charge in [0.1, 0.15) is 5.03 Å². The van der Waals surface area contributed by atoms with Crippen LogP contribution in [0.1, 0.15) is 33.6 Å². The van der Waals surface area contributed by atoms with E-state index in [1.54, 1.807) is 18.3 Å². The monoisotopic (exact) mass is 414 g/mol. The Kier molecular flexibility index (Phi) is 6.82. The van der Waals surface area contributed by atoms with E-state index in [4.69, 9.17) is 0 Å². The molecule has 1 aliphatic rings. The third-order valence-corrected chi connectivity index (χ3v) is 5.70. The van der Waals surface area contributed by atoms with Crippen molar-refractivity contribution in [1.29, 1.82) is 0 Å². The minimum absolute atomic E-state index is 0.00387. The van der Waals surface area contributed by atoms with Crippen molar-refractivity contribution in [3.8, 4) is 0 Å². The van der Waals surface area contributed by atoms with Crippen LogP contribution >= 0.6 is 11.8 Å². The number of non-ortho nitro benzene ring substituents is 1. The first-order valence-electron chi connectivity index (χ1n) is 9.30. The lowest BCUT2D eigenvalue weighted by Crippen LogP contribution is -2.41. The maximum absolute atomic E-state index is 12.8. The molecule has 1 aromatic carbocycles. The quantitative estimate of drug-likeness (QED) is 0.443. The maximum Gasteiger partial charge on any atom is 0.269 e. The van der Waals surface area contributed by atoms with Crippen LogP contribution in [0.5, 0.6) is 0 Å². The molecule has 1 saturated heterocycles. The number of nitro benzene ring substituents is 1. The fourth-order valence-electron chi connectivity index (χ4n) is 3.30. The van der Waals surface area contributed by atoms with Gasteiger partial charge in [0.05, 0.1) is 10.5 Å². The summed E-state index contributed by atoms with van der Waals surface area (Å²) in [6, 6.07) is 9.11. The van der Waals surface area contributed by atoms with Crippen LogP contribution < -0.4 is 5.32 Å².